The third kappa shape index (κ3) is 3.34. The molecule has 3 heteroatoms. The van der Waals surface area contributed by atoms with E-state index in [1.54, 1.807) is 13.2 Å². The van der Waals surface area contributed by atoms with Gasteiger partial charge in [-0.25, -0.2) is 4.39 Å². The third-order valence-corrected chi connectivity index (χ3v) is 2.69. The molecule has 18 heavy (non-hydrogen) atoms. The predicted molar refractivity (Wildman–Crippen MR) is 73.3 cm³/mol. The molecule has 0 bridgehead atoms. The predicted octanol–water partition coefficient (Wildman–Crippen LogP) is 4.66. The van der Waals surface area contributed by atoms with Crippen LogP contribution < -0.4 is 4.74 Å². The van der Waals surface area contributed by atoms with E-state index in [-0.39, 0.29) is 5.82 Å². The van der Waals surface area contributed by atoms with Crippen LogP contribution in [-0.4, -0.2) is 7.11 Å². The highest BCUT2D eigenvalue weighted by Gasteiger charge is 1.96. The highest BCUT2D eigenvalue weighted by Crippen LogP contribution is 2.17. The van der Waals surface area contributed by atoms with E-state index in [1.165, 1.54) is 12.1 Å². The van der Waals surface area contributed by atoms with Crippen molar-refractivity contribution in [3.8, 4) is 5.75 Å². The summed E-state index contributed by atoms with van der Waals surface area (Å²) in [5.41, 5.74) is 1.74. The van der Waals surface area contributed by atoms with Crippen LogP contribution in [0.15, 0.2) is 42.5 Å². The van der Waals surface area contributed by atoms with Gasteiger partial charge in [0.2, 0.25) is 0 Å². The maximum absolute atomic E-state index is 13.1. The molecule has 0 aliphatic heterocycles. The van der Waals surface area contributed by atoms with Gasteiger partial charge in [-0.2, -0.15) is 0 Å². The van der Waals surface area contributed by atoms with Crippen LogP contribution in [-0.2, 0) is 0 Å². The second-order valence-electron chi connectivity index (χ2n) is 3.81. The van der Waals surface area contributed by atoms with E-state index in [9.17, 15) is 4.39 Å². The number of methoxy groups -OCH3 is 1. The fraction of sp³-hybridized carbons (Fsp3) is 0.0667. The van der Waals surface area contributed by atoms with Crippen molar-refractivity contribution in [3.05, 3.63) is 64.4 Å². The maximum atomic E-state index is 13.1. The summed E-state index contributed by atoms with van der Waals surface area (Å²) >= 11 is 5.78. The minimum Gasteiger partial charge on any atom is -0.497 e. The Morgan fingerprint density at radius 2 is 1.67 bits per heavy atom. The van der Waals surface area contributed by atoms with Gasteiger partial charge in [-0.05, 0) is 41.5 Å². The number of ether oxygens (including phenoxy) is 1. The molecule has 0 atom stereocenters. The Labute approximate surface area is 110 Å². The van der Waals surface area contributed by atoms with Crippen molar-refractivity contribution in [2.24, 2.45) is 0 Å². The molecule has 0 fully saturated rings. The normalized spacial score (nSPS) is 10.8. The fourth-order valence-electron chi connectivity index (χ4n) is 1.58. The van der Waals surface area contributed by atoms with Gasteiger partial charge in [0.15, 0.2) is 0 Å². The first-order valence-corrected chi connectivity index (χ1v) is 5.83. The summed E-state index contributed by atoms with van der Waals surface area (Å²) in [4.78, 5) is 0. The summed E-state index contributed by atoms with van der Waals surface area (Å²) in [6.45, 7) is 0. The Kier molecular flexibility index (Phi) is 4.00. The molecule has 0 aliphatic carbocycles. The summed E-state index contributed by atoms with van der Waals surface area (Å²) < 4.78 is 18.2. The van der Waals surface area contributed by atoms with E-state index in [0.717, 1.165) is 16.9 Å². The number of halogens is 2. The fourth-order valence-corrected chi connectivity index (χ4v) is 1.81. The van der Waals surface area contributed by atoms with Crippen LogP contribution in [0.2, 0.25) is 5.02 Å². The SMILES string of the molecule is COc1ccc(/C=C/c2cc(F)cc(Cl)c2)cc1. The first-order chi connectivity index (χ1) is 8.67. The van der Waals surface area contributed by atoms with Gasteiger partial charge in [-0.15, -0.1) is 0 Å². The number of rotatable bonds is 3. The van der Waals surface area contributed by atoms with Crippen LogP contribution >= 0.6 is 11.6 Å². The lowest BCUT2D eigenvalue weighted by Crippen LogP contribution is -1.81. The minimum atomic E-state index is -0.336. The van der Waals surface area contributed by atoms with Crippen molar-refractivity contribution in [2.45, 2.75) is 0 Å². The summed E-state index contributed by atoms with van der Waals surface area (Å²) in [6.07, 6.45) is 3.71. The van der Waals surface area contributed by atoms with Crippen LogP contribution in [0.4, 0.5) is 4.39 Å². The van der Waals surface area contributed by atoms with Crippen molar-refractivity contribution in [1.29, 1.82) is 0 Å². The lowest BCUT2D eigenvalue weighted by molar-refractivity contribution is 0.415. The summed E-state index contributed by atoms with van der Waals surface area (Å²) in [7, 11) is 1.62. The van der Waals surface area contributed by atoms with Crippen LogP contribution in [0.1, 0.15) is 11.1 Å². The van der Waals surface area contributed by atoms with Crippen LogP contribution in [0.3, 0.4) is 0 Å². The zero-order chi connectivity index (χ0) is 13.0. The van der Waals surface area contributed by atoms with E-state index in [1.807, 2.05) is 36.4 Å². The molecule has 0 radical (unpaired) electrons. The molecule has 0 saturated carbocycles. The molecule has 2 aromatic rings. The average molecular weight is 263 g/mol. The van der Waals surface area contributed by atoms with Crippen LogP contribution in [0, 0.1) is 5.82 Å². The summed E-state index contributed by atoms with van der Waals surface area (Å²) in [5, 5.41) is 0.393. The van der Waals surface area contributed by atoms with Crippen LogP contribution in [0.25, 0.3) is 12.2 Å². The second kappa shape index (κ2) is 5.69. The van der Waals surface area contributed by atoms with Crippen molar-refractivity contribution >= 4 is 23.8 Å². The highest BCUT2D eigenvalue weighted by molar-refractivity contribution is 6.30. The Balaban J connectivity index is 2.18. The van der Waals surface area contributed by atoms with Gasteiger partial charge in [-0.3, -0.25) is 0 Å². The minimum absolute atomic E-state index is 0.336. The van der Waals surface area contributed by atoms with Crippen LogP contribution in [0.5, 0.6) is 5.75 Å². The maximum Gasteiger partial charge on any atom is 0.125 e. The molecule has 0 unspecified atom stereocenters. The molecular formula is C15H12ClFO. The lowest BCUT2D eigenvalue weighted by Gasteiger charge is -1.99. The van der Waals surface area contributed by atoms with E-state index < -0.39 is 0 Å². The monoisotopic (exact) mass is 262 g/mol. The van der Waals surface area contributed by atoms with Gasteiger partial charge < -0.3 is 4.74 Å². The first-order valence-electron chi connectivity index (χ1n) is 5.45. The third-order valence-electron chi connectivity index (χ3n) is 2.47. The number of hydrogen-bond donors (Lipinski definition) is 0. The van der Waals surface area contributed by atoms with Crippen molar-refractivity contribution < 1.29 is 9.13 Å². The van der Waals surface area contributed by atoms with Gasteiger partial charge in [0, 0.05) is 5.02 Å². The Hall–Kier alpha value is -1.80. The highest BCUT2D eigenvalue weighted by atomic mass is 35.5. The molecule has 0 saturated heterocycles. The van der Waals surface area contributed by atoms with E-state index >= 15 is 0 Å². The zero-order valence-electron chi connectivity index (χ0n) is 9.86. The van der Waals surface area contributed by atoms with E-state index in [0.29, 0.717) is 5.02 Å². The zero-order valence-corrected chi connectivity index (χ0v) is 10.6. The molecule has 0 heterocycles. The van der Waals surface area contributed by atoms with Gasteiger partial charge in [0.05, 0.1) is 7.11 Å². The Bertz CT molecular complexity index is 541. The van der Waals surface area contributed by atoms with Gasteiger partial charge in [-0.1, -0.05) is 35.9 Å². The second-order valence-corrected chi connectivity index (χ2v) is 4.25. The smallest absolute Gasteiger partial charge is 0.125 e. The molecule has 92 valence electrons. The molecule has 0 N–H and O–H groups in total. The molecule has 0 aromatic heterocycles. The first kappa shape index (κ1) is 12.7. The Morgan fingerprint density at radius 1 is 1.00 bits per heavy atom. The van der Waals surface area contributed by atoms with Gasteiger partial charge in [0.25, 0.3) is 0 Å². The number of hydrogen-bond acceptors (Lipinski definition) is 1. The molecule has 0 spiro atoms. The van der Waals surface area contributed by atoms with E-state index in [4.69, 9.17) is 16.3 Å². The number of benzene rings is 2. The summed E-state index contributed by atoms with van der Waals surface area (Å²) in [5.74, 6) is 0.470. The average Bonchev–Trinajstić information content (AvgIpc) is 2.36. The standard InChI is InChI=1S/C15H12ClFO/c1-18-15-6-4-11(5-7-15)2-3-12-8-13(16)10-14(17)9-12/h2-10H,1H3/b3-2+. The van der Waals surface area contributed by atoms with Crippen molar-refractivity contribution in [2.75, 3.05) is 7.11 Å². The molecule has 0 aliphatic rings. The molecule has 1 nitrogen and oxygen atoms in total. The Morgan fingerprint density at radius 3 is 2.28 bits per heavy atom. The topological polar surface area (TPSA) is 9.23 Å². The quantitative estimate of drug-likeness (QED) is 0.731. The molecule has 2 aromatic carbocycles. The summed E-state index contributed by atoms with van der Waals surface area (Å²) in [6, 6.07) is 12.0. The van der Waals surface area contributed by atoms with Crippen molar-refractivity contribution in [3.63, 3.8) is 0 Å². The van der Waals surface area contributed by atoms with Crippen molar-refractivity contribution in [1.82, 2.24) is 0 Å². The lowest BCUT2D eigenvalue weighted by atomic mass is 10.1. The van der Waals surface area contributed by atoms with Gasteiger partial charge in [0.1, 0.15) is 11.6 Å². The molecular weight excluding hydrogens is 251 g/mol. The van der Waals surface area contributed by atoms with Gasteiger partial charge >= 0.3 is 0 Å². The van der Waals surface area contributed by atoms with E-state index in [2.05, 4.69) is 0 Å². The molecule has 0 amide bonds. The molecule has 2 rings (SSSR count). The largest absolute Gasteiger partial charge is 0.497 e.